The highest BCUT2D eigenvalue weighted by molar-refractivity contribution is 7.88. The summed E-state index contributed by atoms with van der Waals surface area (Å²) >= 11 is 1.15. The molecule has 16 heteroatoms. The molecule has 0 spiro atoms. The van der Waals surface area contributed by atoms with Gasteiger partial charge in [-0.1, -0.05) is 48.5 Å². The van der Waals surface area contributed by atoms with Crippen LogP contribution in [0.1, 0.15) is 89.4 Å². The van der Waals surface area contributed by atoms with E-state index in [1.165, 1.54) is 9.21 Å². The minimum atomic E-state index is -3.79. The number of imide groups is 1. The number of para-hydroxylation sites is 1. The van der Waals surface area contributed by atoms with Crippen LogP contribution in [0.25, 0.3) is 21.9 Å². The average Bonchev–Trinajstić information content (AvgIpc) is 3.85. The number of anilines is 2. The third-order valence-corrected chi connectivity index (χ3v) is 15.7. The molecule has 4 aliphatic rings. The number of ether oxygens (including phenoxy) is 1. The molecule has 1 unspecified atom stereocenters. The number of thiophene rings is 1. The van der Waals surface area contributed by atoms with Crippen molar-refractivity contribution in [1.29, 1.82) is 0 Å². The number of likely N-dealkylation sites (tertiary alicyclic amines) is 1. The Morgan fingerprint density at radius 2 is 1.65 bits per heavy atom. The van der Waals surface area contributed by atoms with Gasteiger partial charge >= 0.3 is 12.0 Å². The Morgan fingerprint density at radius 3 is 2.41 bits per heavy atom. The normalized spacial score (nSPS) is 20.5. The molecule has 63 heavy (non-hydrogen) atoms. The standard InChI is InChI=1S/C47H47N5O9S2/c1-47(2)26-31(61-39-12-4-3-9-33(39)35-20-24-62-42(35)45(56)57)19-23-51(47)63(59,60)27-28-7-5-8-30(25-28)48-46(58)50-21-17-29(18-22-50)32-13-14-37-41-34(32)10-6-11-36(41)44(55)52(37)38-15-16-40(53)49-43(38)54/h3-14,20,24-25,29,31,38H,15-19,21-23,26-27H2,1-2H3,(H,48,58)(H,56,57)(H,49,53,54)/t31-,38?/m0/s1. The van der Waals surface area contributed by atoms with E-state index >= 15 is 0 Å². The first-order chi connectivity index (χ1) is 30.2. The number of sulfonamides is 1. The minimum absolute atomic E-state index is 0.126. The van der Waals surface area contributed by atoms with E-state index in [2.05, 4.69) is 10.6 Å². The van der Waals surface area contributed by atoms with Gasteiger partial charge in [-0.05, 0) is 104 Å². The van der Waals surface area contributed by atoms with Gasteiger partial charge in [0.05, 0.1) is 11.4 Å². The van der Waals surface area contributed by atoms with Crippen molar-refractivity contribution in [1.82, 2.24) is 14.5 Å². The van der Waals surface area contributed by atoms with E-state index in [1.54, 1.807) is 46.7 Å². The zero-order chi connectivity index (χ0) is 44.2. The van der Waals surface area contributed by atoms with Crippen molar-refractivity contribution < 1.29 is 42.2 Å². The SMILES string of the molecule is CC1(C)C[C@@H](Oc2ccccc2-c2ccsc2C(=O)O)CCN1S(=O)(=O)Cc1cccc(NC(=O)N2CCC(c3ccc4c5c(cccc35)C(=O)N4C3CCC(=O)NC3=O)CC2)c1. The van der Waals surface area contributed by atoms with Crippen molar-refractivity contribution in [2.24, 2.45) is 0 Å². The number of carbonyl (C=O) groups excluding carboxylic acids is 4. The number of hydrogen-bond acceptors (Lipinski definition) is 9. The lowest BCUT2D eigenvalue weighted by molar-refractivity contribution is -0.134. The highest BCUT2D eigenvalue weighted by Crippen LogP contribution is 2.44. The van der Waals surface area contributed by atoms with Crippen LogP contribution in [-0.2, 0) is 25.4 Å². The van der Waals surface area contributed by atoms with E-state index in [4.69, 9.17) is 4.74 Å². The largest absolute Gasteiger partial charge is 0.490 e. The lowest BCUT2D eigenvalue weighted by Gasteiger charge is -2.44. The lowest BCUT2D eigenvalue weighted by atomic mass is 9.85. The summed E-state index contributed by atoms with van der Waals surface area (Å²) < 4.78 is 36.0. The van der Waals surface area contributed by atoms with Gasteiger partial charge in [0.2, 0.25) is 21.8 Å². The molecule has 0 radical (unpaired) electrons. The van der Waals surface area contributed by atoms with Crippen LogP contribution in [-0.4, -0.2) is 89.8 Å². The highest BCUT2D eigenvalue weighted by atomic mass is 32.2. The minimum Gasteiger partial charge on any atom is -0.490 e. The Hall–Kier alpha value is -6.10. The molecule has 0 aliphatic carbocycles. The van der Waals surface area contributed by atoms with Crippen molar-refractivity contribution >= 4 is 73.2 Å². The Kier molecular flexibility index (Phi) is 11.1. The molecular weight excluding hydrogens is 843 g/mol. The van der Waals surface area contributed by atoms with E-state index in [1.807, 2.05) is 62.4 Å². The van der Waals surface area contributed by atoms with Gasteiger partial charge in [0.25, 0.3) is 5.91 Å². The number of benzene rings is 4. The van der Waals surface area contributed by atoms with Crippen LogP contribution in [0.5, 0.6) is 5.75 Å². The molecule has 5 aromatic rings. The van der Waals surface area contributed by atoms with Gasteiger partial charge in [-0.15, -0.1) is 11.3 Å². The first kappa shape index (κ1) is 42.2. The third-order valence-electron chi connectivity index (χ3n) is 12.8. The number of amides is 5. The molecule has 2 atom stereocenters. The zero-order valence-electron chi connectivity index (χ0n) is 34.8. The highest BCUT2D eigenvalue weighted by Gasteiger charge is 2.43. The molecule has 0 saturated carbocycles. The van der Waals surface area contributed by atoms with Gasteiger partial charge in [0.15, 0.2) is 0 Å². The average molecular weight is 890 g/mol. The summed E-state index contributed by atoms with van der Waals surface area (Å²) in [7, 11) is -3.79. The summed E-state index contributed by atoms with van der Waals surface area (Å²) in [6.45, 7) is 5.00. The van der Waals surface area contributed by atoms with Gasteiger partial charge in [-0.2, -0.15) is 4.31 Å². The molecule has 3 N–H and O–H groups in total. The van der Waals surface area contributed by atoms with Gasteiger partial charge in [0, 0.05) is 65.8 Å². The fourth-order valence-electron chi connectivity index (χ4n) is 9.85. The van der Waals surface area contributed by atoms with Crippen LogP contribution < -0.4 is 20.3 Å². The fraction of sp³-hybridized carbons (Fsp3) is 0.340. The molecule has 14 nitrogen and oxygen atoms in total. The molecule has 1 aromatic heterocycles. The van der Waals surface area contributed by atoms with Crippen molar-refractivity contribution in [3.8, 4) is 16.9 Å². The Balaban J connectivity index is 0.817. The summed E-state index contributed by atoms with van der Waals surface area (Å²) in [5.41, 5.74) is 3.81. The number of urea groups is 1. The van der Waals surface area contributed by atoms with Gasteiger partial charge in [0.1, 0.15) is 22.8 Å². The number of carbonyl (C=O) groups is 5. The summed E-state index contributed by atoms with van der Waals surface area (Å²) in [6.07, 6.45) is 2.40. The first-order valence-electron chi connectivity index (χ1n) is 21.1. The maximum absolute atomic E-state index is 14.0. The predicted molar refractivity (Wildman–Crippen MR) is 240 cm³/mol. The molecule has 0 bridgehead atoms. The van der Waals surface area contributed by atoms with Crippen LogP contribution in [0.15, 0.2) is 90.3 Å². The fourth-order valence-corrected chi connectivity index (χ4v) is 12.6. The second kappa shape index (κ2) is 16.5. The first-order valence-corrected chi connectivity index (χ1v) is 23.6. The van der Waals surface area contributed by atoms with Crippen LogP contribution >= 0.6 is 11.3 Å². The third kappa shape index (κ3) is 8.07. The molecule has 4 aromatic carbocycles. The summed E-state index contributed by atoms with van der Waals surface area (Å²) in [4.78, 5) is 67.2. The van der Waals surface area contributed by atoms with Crippen LogP contribution in [0.3, 0.4) is 0 Å². The number of nitrogens with one attached hydrogen (secondary N) is 2. The number of nitrogens with zero attached hydrogens (tertiary/aromatic N) is 3. The van der Waals surface area contributed by atoms with Crippen molar-refractivity contribution in [3.63, 3.8) is 0 Å². The van der Waals surface area contributed by atoms with Gasteiger partial charge < -0.3 is 20.1 Å². The summed E-state index contributed by atoms with van der Waals surface area (Å²) in [5, 5.41) is 18.5. The molecule has 5 heterocycles. The quantitative estimate of drug-likeness (QED) is 0.119. The molecule has 326 valence electrons. The molecular formula is C47H47N5O9S2. The monoisotopic (exact) mass is 889 g/mol. The maximum atomic E-state index is 14.0. The van der Waals surface area contributed by atoms with Gasteiger partial charge in [-0.25, -0.2) is 18.0 Å². The number of aromatic carboxylic acids is 1. The summed E-state index contributed by atoms with van der Waals surface area (Å²) in [5.74, 6) is -1.63. The van der Waals surface area contributed by atoms with E-state index in [0.717, 1.165) is 27.7 Å². The van der Waals surface area contributed by atoms with Crippen molar-refractivity contribution in [2.45, 2.75) is 81.7 Å². The second-order valence-electron chi connectivity index (χ2n) is 17.3. The van der Waals surface area contributed by atoms with Crippen LogP contribution in [0.4, 0.5) is 16.2 Å². The molecule has 9 rings (SSSR count). The smallest absolute Gasteiger partial charge is 0.346 e. The number of carboxylic acids is 1. The van der Waals surface area contributed by atoms with E-state index < -0.39 is 33.5 Å². The molecule has 3 saturated heterocycles. The van der Waals surface area contributed by atoms with Crippen LogP contribution in [0, 0.1) is 0 Å². The number of piperidine rings is 3. The number of hydrogen-bond donors (Lipinski definition) is 3. The number of rotatable bonds is 10. The summed E-state index contributed by atoms with van der Waals surface area (Å²) in [6, 6.07) is 24.5. The molecule has 4 aliphatic heterocycles. The van der Waals surface area contributed by atoms with Crippen molar-refractivity contribution in [3.05, 3.63) is 112 Å². The predicted octanol–water partition coefficient (Wildman–Crippen LogP) is 7.60. The second-order valence-corrected chi connectivity index (χ2v) is 20.1. The molecule has 3 fully saturated rings. The Labute approximate surface area is 368 Å². The Bertz CT molecular complexity index is 2800. The van der Waals surface area contributed by atoms with E-state index in [-0.39, 0.29) is 59.9 Å². The van der Waals surface area contributed by atoms with E-state index in [9.17, 15) is 37.5 Å². The zero-order valence-corrected chi connectivity index (χ0v) is 36.5. The number of carboxylic acid groups (broad SMARTS) is 1. The Morgan fingerprint density at radius 1 is 0.889 bits per heavy atom. The van der Waals surface area contributed by atoms with Gasteiger partial charge in [-0.3, -0.25) is 24.6 Å². The molecule has 5 amide bonds. The van der Waals surface area contributed by atoms with E-state index in [0.29, 0.717) is 78.2 Å². The van der Waals surface area contributed by atoms with Crippen molar-refractivity contribution in [2.75, 3.05) is 29.9 Å². The van der Waals surface area contributed by atoms with Crippen LogP contribution in [0.2, 0.25) is 0 Å². The lowest BCUT2D eigenvalue weighted by Crippen LogP contribution is -2.55. The maximum Gasteiger partial charge on any atom is 0.346 e. The topological polar surface area (TPSA) is 183 Å².